The predicted octanol–water partition coefficient (Wildman–Crippen LogP) is 0.689. The van der Waals surface area contributed by atoms with Gasteiger partial charge in [0.15, 0.2) is 0 Å². The molecule has 1 fully saturated rings. The number of aromatic nitrogens is 1. The summed E-state index contributed by atoms with van der Waals surface area (Å²) in [4.78, 5) is 20.8. The molecular weight excluding hydrogens is 389 g/mol. The third-order valence-corrected chi connectivity index (χ3v) is 3.79. The Morgan fingerprint density at radius 3 is 2.44 bits per heavy atom. The first-order chi connectivity index (χ1) is 10.6. The van der Waals surface area contributed by atoms with Crippen molar-refractivity contribution < 1.29 is 9.53 Å². The van der Waals surface area contributed by atoms with Gasteiger partial charge in [-0.25, -0.2) is 4.98 Å². The van der Waals surface area contributed by atoms with Gasteiger partial charge in [0.1, 0.15) is 11.9 Å². The molecule has 1 aromatic heterocycles. The summed E-state index contributed by atoms with van der Waals surface area (Å²) in [6, 6.07) is 3.35. The standard InChI is InChI=1S/C15H25N5O2.3ClH/c1-19-5-7-20(8-6-19)14-4-3-12(9-17-14)10-18-15(21)13(16)11-22-2;;;/h3-4,9,13H,5-8,10-11,16H2,1-2H3,(H,18,21);3*1H. The van der Waals surface area contributed by atoms with E-state index in [-0.39, 0.29) is 49.7 Å². The van der Waals surface area contributed by atoms with E-state index in [4.69, 9.17) is 10.5 Å². The largest absolute Gasteiger partial charge is 0.383 e. The molecule has 0 bridgehead atoms. The summed E-state index contributed by atoms with van der Waals surface area (Å²) in [5.41, 5.74) is 6.62. The number of amides is 1. The summed E-state index contributed by atoms with van der Waals surface area (Å²) < 4.78 is 4.86. The lowest BCUT2D eigenvalue weighted by Crippen LogP contribution is -2.44. The highest BCUT2D eigenvalue weighted by atomic mass is 35.5. The second-order valence-electron chi connectivity index (χ2n) is 5.59. The van der Waals surface area contributed by atoms with Crippen LogP contribution in [0, 0.1) is 0 Å². The molecule has 0 spiro atoms. The molecule has 1 aliphatic heterocycles. The van der Waals surface area contributed by atoms with Crippen LogP contribution in [0.4, 0.5) is 5.82 Å². The monoisotopic (exact) mass is 415 g/mol. The van der Waals surface area contributed by atoms with Crippen molar-refractivity contribution in [1.82, 2.24) is 15.2 Å². The predicted molar refractivity (Wildman–Crippen MR) is 107 cm³/mol. The fraction of sp³-hybridized carbons (Fsp3) is 0.600. The first-order valence-corrected chi connectivity index (χ1v) is 7.51. The number of piperazine rings is 1. The first-order valence-electron chi connectivity index (χ1n) is 7.51. The zero-order valence-corrected chi connectivity index (χ0v) is 17.0. The Kier molecular flexibility index (Phi) is 14.1. The van der Waals surface area contributed by atoms with Crippen LogP contribution in [0.5, 0.6) is 0 Å². The summed E-state index contributed by atoms with van der Waals surface area (Å²) in [6.45, 7) is 4.73. The molecule has 1 aromatic rings. The van der Waals surface area contributed by atoms with Gasteiger partial charge >= 0.3 is 0 Å². The lowest BCUT2D eigenvalue weighted by Gasteiger charge is -2.33. The van der Waals surface area contributed by atoms with Crippen molar-refractivity contribution in [3.63, 3.8) is 0 Å². The minimum Gasteiger partial charge on any atom is -0.383 e. The zero-order chi connectivity index (χ0) is 15.9. The summed E-state index contributed by atoms with van der Waals surface area (Å²) >= 11 is 0. The van der Waals surface area contributed by atoms with Crippen LogP contribution in [-0.2, 0) is 16.1 Å². The lowest BCUT2D eigenvalue weighted by atomic mass is 10.2. The number of nitrogens with two attached hydrogens (primary N) is 1. The Hall–Kier alpha value is -0.830. The highest BCUT2D eigenvalue weighted by molar-refractivity contribution is 5.86. The number of hydrogen-bond donors (Lipinski definition) is 2. The smallest absolute Gasteiger partial charge is 0.239 e. The van der Waals surface area contributed by atoms with Crippen LogP contribution >= 0.6 is 37.2 Å². The highest BCUT2D eigenvalue weighted by Gasteiger charge is 2.15. The number of likely N-dealkylation sites (N-methyl/N-ethyl adjacent to an activating group) is 1. The van der Waals surface area contributed by atoms with Crippen molar-refractivity contribution in [2.75, 3.05) is 51.8 Å². The fourth-order valence-corrected chi connectivity index (χ4v) is 2.32. The number of carbonyl (C=O) groups is 1. The minimum absolute atomic E-state index is 0. The average molecular weight is 417 g/mol. The molecule has 1 unspecified atom stereocenters. The normalized spacial score (nSPS) is 15.2. The maximum atomic E-state index is 11.7. The Bertz CT molecular complexity index is 485. The van der Waals surface area contributed by atoms with Gasteiger partial charge in [0, 0.05) is 46.0 Å². The number of nitrogens with one attached hydrogen (secondary N) is 1. The van der Waals surface area contributed by atoms with Gasteiger partial charge in [-0.05, 0) is 18.7 Å². The third-order valence-electron chi connectivity index (χ3n) is 3.79. The lowest BCUT2D eigenvalue weighted by molar-refractivity contribution is -0.123. The molecule has 0 aliphatic carbocycles. The summed E-state index contributed by atoms with van der Waals surface area (Å²) in [5, 5.41) is 2.78. The first kappa shape index (κ1) is 26.4. The van der Waals surface area contributed by atoms with Gasteiger partial charge in [0.25, 0.3) is 0 Å². The van der Waals surface area contributed by atoms with Crippen LogP contribution in [0.2, 0.25) is 0 Å². The van der Waals surface area contributed by atoms with Gasteiger partial charge in [-0.2, -0.15) is 0 Å². The molecule has 0 saturated carbocycles. The van der Waals surface area contributed by atoms with Crippen molar-refractivity contribution in [2.24, 2.45) is 5.73 Å². The molecule has 2 rings (SSSR count). The summed E-state index contributed by atoms with van der Waals surface area (Å²) in [6.07, 6.45) is 1.80. The van der Waals surface area contributed by atoms with Crippen molar-refractivity contribution in [3.05, 3.63) is 23.9 Å². The Morgan fingerprint density at radius 1 is 1.28 bits per heavy atom. The molecule has 3 N–H and O–H groups in total. The number of anilines is 1. The van der Waals surface area contributed by atoms with Crippen molar-refractivity contribution in [2.45, 2.75) is 12.6 Å². The van der Waals surface area contributed by atoms with Crippen molar-refractivity contribution >= 4 is 48.9 Å². The van der Waals surface area contributed by atoms with E-state index in [2.05, 4.69) is 27.1 Å². The molecule has 0 radical (unpaired) electrons. The number of halogens is 3. The Balaban J connectivity index is 0. The van der Waals surface area contributed by atoms with Crippen LogP contribution in [0.25, 0.3) is 0 Å². The SMILES string of the molecule is COCC(N)C(=O)NCc1ccc(N2CCN(C)CC2)nc1.Cl.Cl.Cl. The number of rotatable bonds is 6. The number of carbonyl (C=O) groups excluding carboxylic acids is 1. The number of pyridine rings is 1. The quantitative estimate of drug-likeness (QED) is 0.710. The molecule has 7 nitrogen and oxygen atoms in total. The third kappa shape index (κ3) is 8.40. The highest BCUT2D eigenvalue weighted by Crippen LogP contribution is 2.13. The molecule has 1 amide bonds. The molecule has 0 aromatic carbocycles. The molecule has 10 heteroatoms. The molecule has 1 atom stereocenters. The molecule has 1 aliphatic rings. The molecule has 2 heterocycles. The molecule has 25 heavy (non-hydrogen) atoms. The van der Waals surface area contributed by atoms with Gasteiger partial charge in [-0.3, -0.25) is 4.79 Å². The van der Waals surface area contributed by atoms with Crippen LogP contribution < -0.4 is 16.0 Å². The summed E-state index contributed by atoms with van der Waals surface area (Å²) in [7, 11) is 3.65. The molecule has 146 valence electrons. The van der Waals surface area contributed by atoms with E-state index in [0.717, 1.165) is 37.6 Å². The summed E-state index contributed by atoms with van der Waals surface area (Å²) in [5.74, 6) is 0.768. The zero-order valence-electron chi connectivity index (χ0n) is 14.5. The van der Waals surface area contributed by atoms with E-state index in [0.29, 0.717) is 6.54 Å². The van der Waals surface area contributed by atoms with Crippen LogP contribution in [0.15, 0.2) is 18.3 Å². The second kappa shape index (κ2) is 13.4. The van der Waals surface area contributed by atoms with Crippen LogP contribution in [0.3, 0.4) is 0 Å². The second-order valence-corrected chi connectivity index (χ2v) is 5.59. The van der Waals surface area contributed by atoms with Gasteiger partial charge in [-0.15, -0.1) is 37.2 Å². The maximum Gasteiger partial charge on any atom is 0.239 e. The van der Waals surface area contributed by atoms with Gasteiger partial charge in [-0.1, -0.05) is 6.07 Å². The van der Waals surface area contributed by atoms with Crippen LogP contribution in [0.1, 0.15) is 5.56 Å². The number of methoxy groups -OCH3 is 1. The van der Waals surface area contributed by atoms with E-state index in [1.165, 1.54) is 7.11 Å². The van der Waals surface area contributed by atoms with Gasteiger partial charge < -0.3 is 25.6 Å². The molecule has 1 saturated heterocycles. The van der Waals surface area contributed by atoms with E-state index in [1.54, 1.807) is 6.20 Å². The fourth-order valence-electron chi connectivity index (χ4n) is 2.32. The van der Waals surface area contributed by atoms with Crippen LogP contribution in [-0.4, -0.2) is 68.8 Å². The molecular formula is C15H28Cl3N5O2. The van der Waals surface area contributed by atoms with E-state index in [1.807, 2.05) is 12.1 Å². The van der Waals surface area contributed by atoms with E-state index in [9.17, 15) is 4.79 Å². The van der Waals surface area contributed by atoms with E-state index >= 15 is 0 Å². The Labute approximate surface area is 167 Å². The van der Waals surface area contributed by atoms with Gasteiger partial charge in [0.2, 0.25) is 5.91 Å². The van der Waals surface area contributed by atoms with E-state index < -0.39 is 6.04 Å². The number of hydrogen-bond acceptors (Lipinski definition) is 6. The maximum absolute atomic E-state index is 11.7. The number of ether oxygens (including phenoxy) is 1. The number of nitrogens with zero attached hydrogens (tertiary/aromatic N) is 3. The van der Waals surface area contributed by atoms with Gasteiger partial charge in [0.05, 0.1) is 6.61 Å². The van der Waals surface area contributed by atoms with Crippen molar-refractivity contribution in [1.29, 1.82) is 0 Å². The minimum atomic E-state index is -0.637. The Morgan fingerprint density at radius 2 is 1.92 bits per heavy atom. The van der Waals surface area contributed by atoms with Crippen molar-refractivity contribution in [3.8, 4) is 0 Å². The average Bonchev–Trinajstić information content (AvgIpc) is 2.54. The topological polar surface area (TPSA) is 83.7 Å².